The summed E-state index contributed by atoms with van der Waals surface area (Å²) in [6, 6.07) is 0. The lowest BCUT2D eigenvalue weighted by Gasteiger charge is -2.52. The minimum absolute atomic E-state index is 0.304. The zero-order valence-electron chi connectivity index (χ0n) is 16.5. The summed E-state index contributed by atoms with van der Waals surface area (Å²) in [5.74, 6) is 3.61. The van der Waals surface area contributed by atoms with Gasteiger partial charge in [0, 0.05) is 0 Å². The quantitative estimate of drug-likeness (QED) is 0.553. The molecule has 1 heterocycles. The summed E-state index contributed by atoms with van der Waals surface area (Å²) in [5, 5.41) is 0. The molecule has 1 nitrogen and oxygen atoms in total. The Labute approximate surface area is 150 Å². The molecule has 0 bridgehead atoms. The highest BCUT2D eigenvalue weighted by Crippen LogP contribution is 2.58. The van der Waals surface area contributed by atoms with Crippen molar-refractivity contribution in [2.45, 2.75) is 116 Å². The van der Waals surface area contributed by atoms with Gasteiger partial charge in [0.1, 0.15) is 0 Å². The smallest absolute Gasteiger partial charge is 0.0689 e. The molecule has 1 heteroatoms. The van der Waals surface area contributed by atoms with Crippen molar-refractivity contribution in [3.8, 4) is 0 Å². The maximum atomic E-state index is 6.77. The Hall–Kier alpha value is -0.0400. The number of hydrogen-bond acceptors (Lipinski definition) is 1. The minimum atomic E-state index is 0.304. The second kappa shape index (κ2) is 6.60. The van der Waals surface area contributed by atoms with E-state index in [4.69, 9.17) is 4.74 Å². The summed E-state index contributed by atoms with van der Waals surface area (Å²) in [5.41, 5.74) is 1.05. The fourth-order valence-corrected chi connectivity index (χ4v) is 7.23. The van der Waals surface area contributed by atoms with Gasteiger partial charge < -0.3 is 4.74 Å². The normalized spacial score (nSPS) is 38.8. The standard InChI is InChI=1S/C23H40O/c1-17(2)19-15-20(24-23(16-19)12-7-13-23)14-18(3)21-8-6-11-22(21)9-4-5-10-22/h17-21H,4-16H2,1-3H3. The zero-order valence-corrected chi connectivity index (χ0v) is 16.5. The summed E-state index contributed by atoms with van der Waals surface area (Å²) in [7, 11) is 0. The first-order valence-electron chi connectivity index (χ1n) is 11.2. The van der Waals surface area contributed by atoms with Crippen molar-refractivity contribution in [2.75, 3.05) is 0 Å². The molecule has 3 aliphatic carbocycles. The van der Waals surface area contributed by atoms with Crippen LogP contribution < -0.4 is 0 Å². The van der Waals surface area contributed by atoms with E-state index in [-0.39, 0.29) is 0 Å². The molecular weight excluding hydrogens is 292 g/mol. The van der Waals surface area contributed by atoms with Crippen LogP contribution in [-0.4, -0.2) is 11.7 Å². The van der Waals surface area contributed by atoms with Gasteiger partial charge in [-0.3, -0.25) is 0 Å². The van der Waals surface area contributed by atoms with E-state index < -0.39 is 0 Å². The summed E-state index contributed by atoms with van der Waals surface area (Å²) in [4.78, 5) is 0. The average molecular weight is 333 g/mol. The van der Waals surface area contributed by atoms with Crippen molar-refractivity contribution in [3.05, 3.63) is 0 Å². The molecule has 2 spiro atoms. The predicted molar refractivity (Wildman–Crippen MR) is 101 cm³/mol. The highest BCUT2D eigenvalue weighted by Gasteiger charge is 2.49. The van der Waals surface area contributed by atoms with Gasteiger partial charge in [-0.2, -0.15) is 0 Å². The van der Waals surface area contributed by atoms with Gasteiger partial charge in [-0.05, 0) is 93.3 Å². The highest BCUT2D eigenvalue weighted by molar-refractivity contribution is 5.00. The molecule has 4 unspecified atom stereocenters. The van der Waals surface area contributed by atoms with E-state index in [1.807, 2.05) is 0 Å². The van der Waals surface area contributed by atoms with Gasteiger partial charge in [-0.25, -0.2) is 0 Å². The van der Waals surface area contributed by atoms with Crippen LogP contribution in [0.3, 0.4) is 0 Å². The van der Waals surface area contributed by atoms with Crippen LogP contribution in [0.5, 0.6) is 0 Å². The predicted octanol–water partition coefficient (Wildman–Crippen LogP) is 6.75. The van der Waals surface area contributed by atoms with Crippen LogP contribution in [0.25, 0.3) is 0 Å². The van der Waals surface area contributed by atoms with Gasteiger partial charge in [-0.1, -0.05) is 40.0 Å². The summed E-state index contributed by atoms with van der Waals surface area (Å²) in [6.45, 7) is 7.45. The highest BCUT2D eigenvalue weighted by atomic mass is 16.5. The van der Waals surface area contributed by atoms with Gasteiger partial charge in [0.15, 0.2) is 0 Å². The van der Waals surface area contributed by atoms with Gasteiger partial charge in [0.2, 0.25) is 0 Å². The molecule has 0 amide bonds. The lowest BCUT2D eigenvalue weighted by molar-refractivity contribution is -0.194. The Morgan fingerprint density at radius 2 is 1.62 bits per heavy atom. The van der Waals surface area contributed by atoms with Gasteiger partial charge in [-0.15, -0.1) is 0 Å². The maximum Gasteiger partial charge on any atom is 0.0689 e. The topological polar surface area (TPSA) is 9.23 Å². The summed E-state index contributed by atoms with van der Waals surface area (Å²) in [6.07, 6.45) is 19.3. The Morgan fingerprint density at radius 1 is 0.917 bits per heavy atom. The fourth-order valence-electron chi connectivity index (χ4n) is 7.23. The second-order valence-corrected chi connectivity index (χ2v) is 10.5. The number of ether oxygens (including phenoxy) is 1. The third-order valence-corrected chi connectivity index (χ3v) is 8.72. The third kappa shape index (κ3) is 3.08. The van der Waals surface area contributed by atoms with Gasteiger partial charge >= 0.3 is 0 Å². The molecule has 0 radical (unpaired) electrons. The number of hydrogen-bond donors (Lipinski definition) is 0. The Morgan fingerprint density at radius 3 is 2.25 bits per heavy atom. The number of rotatable bonds is 4. The van der Waals surface area contributed by atoms with Crippen molar-refractivity contribution < 1.29 is 4.74 Å². The van der Waals surface area contributed by atoms with Gasteiger partial charge in [0.05, 0.1) is 11.7 Å². The van der Waals surface area contributed by atoms with Crippen LogP contribution in [0.2, 0.25) is 0 Å². The molecule has 1 saturated heterocycles. The monoisotopic (exact) mass is 332 g/mol. The molecular formula is C23H40O. The SMILES string of the molecule is CC(C)C1CC(CC(C)C2CCCC23CCCC3)OC2(CCC2)C1. The van der Waals surface area contributed by atoms with E-state index in [0.29, 0.717) is 11.7 Å². The van der Waals surface area contributed by atoms with Crippen LogP contribution in [0.1, 0.15) is 104 Å². The minimum Gasteiger partial charge on any atom is -0.372 e. The van der Waals surface area contributed by atoms with Crippen LogP contribution >= 0.6 is 0 Å². The molecule has 4 atom stereocenters. The van der Waals surface area contributed by atoms with Crippen molar-refractivity contribution in [1.82, 2.24) is 0 Å². The fraction of sp³-hybridized carbons (Fsp3) is 1.00. The van der Waals surface area contributed by atoms with Gasteiger partial charge in [0.25, 0.3) is 0 Å². The maximum absolute atomic E-state index is 6.77. The van der Waals surface area contributed by atoms with E-state index >= 15 is 0 Å². The van der Waals surface area contributed by atoms with Crippen LogP contribution in [0.4, 0.5) is 0 Å². The molecule has 4 fully saturated rings. The first kappa shape index (κ1) is 17.4. The molecule has 0 N–H and O–H groups in total. The molecule has 0 aromatic carbocycles. The second-order valence-electron chi connectivity index (χ2n) is 10.5. The Bertz CT molecular complexity index is 424. The first-order chi connectivity index (χ1) is 11.5. The van der Waals surface area contributed by atoms with E-state index in [1.54, 1.807) is 0 Å². The molecule has 0 aromatic heterocycles. The van der Waals surface area contributed by atoms with Crippen LogP contribution in [-0.2, 0) is 4.74 Å². The van der Waals surface area contributed by atoms with E-state index in [9.17, 15) is 0 Å². The van der Waals surface area contributed by atoms with E-state index in [1.165, 1.54) is 83.5 Å². The largest absolute Gasteiger partial charge is 0.372 e. The zero-order chi connectivity index (χ0) is 16.8. The van der Waals surface area contributed by atoms with Crippen molar-refractivity contribution in [1.29, 1.82) is 0 Å². The molecule has 3 saturated carbocycles. The van der Waals surface area contributed by atoms with Crippen LogP contribution in [0, 0.1) is 29.1 Å². The lowest BCUT2D eigenvalue weighted by Crippen LogP contribution is -2.50. The summed E-state index contributed by atoms with van der Waals surface area (Å²) < 4.78 is 6.77. The average Bonchev–Trinajstić information content (AvgIpc) is 3.16. The first-order valence-corrected chi connectivity index (χ1v) is 11.2. The molecule has 138 valence electrons. The summed E-state index contributed by atoms with van der Waals surface area (Å²) >= 11 is 0. The molecule has 4 aliphatic rings. The van der Waals surface area contributed by atoms with E-state index in [2.05, 4.69) is 20.8 Å². The van der Waals surface area contributed by atoms with E-state index in [0.717, 1.165) is 29.1 Å². The molecule has 0 aromatic rings. The van der Waals surface area contributed by atoms with Crippen molar-refractivity contribution >= 4 is 0 Å². The molecule has 4 rings (SSSR count). The Balaban J connectivity index is 1.41. The van der Waals surface area contributed by atoms with Crippen molar-refractivity contribution in [2.24, 2.45) is 29.1 Å². The van der Waals surface area contributed by atoms with Crippen LogP contribution in [0.15, 0.2) is 0 Å². The third-order valence-electron chi connectivity index (χ3n) is 8.72. The van der Waals surface area contributed by atoms with Crippen molar-refractivity contribution in [3.63, 3.8) is 0 Å². The molecule has 24 heavy (non-hydrogen) atoms. The Kier molecular flexibility index (Phi) is 4.78. The molecule has 1 aliphatic heterocycles. The lowest BCUT2D eigenvalue weighted by atomic mass is 9.66.